The van der Waals surface area contributed by atoms with Crippen LogP contribution >= 0.6 is 27.3 Å². The molecule has 1 atom stereocenters. The van der Waals surface area contributed by atoms with Crippen LogP contribution in [0.25, 0.3) is 10.8 Å². The van der Waals surface area contributed by atoms with Gasteiger partial charge in [-0.15, -0.1) is 11.3 Å². The minimum atomic E-state index is -1.08. The molecule has 1 amide bonds. The summed E-state index contributed by atoms with van der Waals surface area (Å²) < 4.78 is 7.14. The molecular weight excluding hydrogens is 600 g/mol. The van der Waals surface area contributed by atoms with E-state index in [9.17, 15) is 14.7 Å². The van der Waals surface area contributed by atoms with Crippen LogP contribution in [0.2, 0.25) is 0 Å². The number of rotatable bonds is 9. The summed E-state index contributed by atoms with van der Waals surface area (Å²) in [6.45, 7) is 6.55. The predicted molar refractivity (Wildman–Crippen MR) is 167 cm³/mol. The number of aliphatic carboxylic acids is 1. The van der Waals surface area contributed by atoms with Crippen LogP contribution in [0.15, 0.2) is 64.5 Å². The number of hydrogen-bond donors (Lipinski definition) is 2. The van der Waals surface area contributed by atoms with Crippen molar-refractivity contribution in [3.63, 3.8) is 0 Å². The lowest BCUT2D eigenvalue weighted by Gasteiger charge is -2.19. The van der Waals surface area contributed by atoms with Crippen LogP contribution in [-0.2, 0) is 23.1 Å². The predicted octanol–water partition coefficient (Wildman–Crippen LogP) is 8.31. The van der Waals surface area contributed by atoms with Crippen LogP contribution in [0, 0.1) is 5.92 Å². The summed E-state index contributed by atoms with van der Waals surface area (Å²) in [6, 6.07) is 18.4. The molecule has 0 spiro atoms. The molecule has 6 nitrogen and oxygen atoms in total. The molecule has 2 N–H and O–H groups in total. The number of nitrogens with one attached hydrogen (secondary N) is 1. The number of fused-ring (bicyclic) bond motifs is 1. The molecule has 2 aromatic carbocycles. The molecule has 0 saturated heterocycles. The summed E-state index contributed by atoms with van der Waals surface area (Å²) >= 11 is 4.87. The quantitative estimate of drug-likeness (QED) is 0.193. The molecular formula is C33H35BrN2O4S. The molecule has 1 saturated carbocycles. The number of carboxylic acid groups (broad SMARTS) is 1. The SMILES string of the molecule is CC(C)(C)c1ccc(Oc2ccc3cc(C(=O)N[C@@H](Cc4ccc(Br)s4)C(=O)O)nc(CC4CCCC4)c3c2)cc1. The van der Waals surface area contributed by atoms with Crippen LogP contribution in [-0.4, -0.2) is 28.0 Å². The van der Waals surface area contributed by atoms with Gasteiger partial charge in [0.05, 0.1) is 3.79 Å². The van der Waals surface area contributed by atoms with E-state index in [0.29, 0.717) is 11.7 Å². The number of ether oxygens (including phenoxy) is 1. The monoisotopic (exact) mass is 634 g/mol. The molecule has 4 aromatic rings. The minimum absolute atomic E-state index is 0.0673. The van der Waals surface area contributed by atoms with Crippen molar-refractivity contribution in [1.82, 2.24) is 10.3 Å². The van der Waals surface area contributed by atoms with Gasteiger partial charge in [-0.25, -0.2) is 9.78 Å². The first kappa shape index (κ1) is 29.3. The Hall–Kier alpha value is -3.23. The second-order valence-electron chi connectivity index (χ2n) is 11.8. The number of aromatic nitrogens is 1. The second-order valence-corrected chi connectivity index (χ2v) is 14.4. The summed E-state index contributed by atoms with van der Waals surface area (Å²) in [7, 11) is 0. The van der Waals surface area contributed by atoms with Crippen molar-refractivity contribution < 1.29 is 19.4 Å². The van der Waals surface area contributed by atoms with Gasteiger partial charge >= 0.3 is 5.97 Å². The molecule has 0 unspecified atom stereocenters. The fourth-order valence-electron chi connectivity index (χ4n) is 5.37. The highest BCUT2D eigenvalue weighted by Gasteiger charge is 2.24. The normalized spacial score (nSPS) is 14.7. The molecule has 5 rings (SSSR count). The average molecular weight is 636 g/mol. The van der Waals surface area contributed by atoms with Crippen LogP contribution < -0.4 is 10.1 Å². The molecule has 1 aliphatic rings. The number of hydrogen-bond acceptors (Lipinski definition) is 5. The molecule has 0 bridgehead atoms. The Morgan fingerprint density at radius 3 is 2.39 bits per heavy atom. The third-order valence-electron chi connectivity index (χ3n) is 7.67. The first-order valence-corrected chi connectivity index (χ1v) is 15.7. The van der Waals surface area contributed by atoms with Crippen LogP contribution in [0.3, 0.4) is 0 Å². The molecule has 41 heavy (non-hydrogen) atoms. The standard InChI is InChI=1S/C33H35BrN2O4S/c1-33(2,3)22-9-12-23(13-10-22)40-24-11-8-21-17-28(35-27(26(21)18-24)16-20-6-4-5-7-20)31(37)36-29(32(38)39)19-25-14-15-30(34)41-25/h8-15,17-18,20,29H,4-7,16,19H2,1-3H3,(H,36,37)(H,38,39)/t29-/m0/s1. The molecule has 214 valence electrons. The zero-order chi connectivity index (χ0) is 29.1. The Morgan fingerprint density at radius 1 is 1.05 bits per heavy atom. The second kappa shape index (κ2) is 12.3. The smallest absolute Gasteiger partial charge is 0.326 e. The number of carboxylic acids is 1. The van der Waals surface area contributed by atoms with Gasteiger partial charge in [0.1, 0.15) is 23.2 Å². The summed E-state index contributed by atoms with van der Waals surface area (Å²) in [5, 5.41) is 14.3. The van der Waals surface area contributed by atoms with Crippen molar-refractivity contribution in [3.8, 4) is 11.5 Å². The van der Waals surface area contributed by atoms with Crippen molar-refractivity contribution in [2.24, 2.45) is 5.92 Å². The minimum Gasteiger partial charge on any atom is -0.480 e. The molecule has 8 heteroatoms. The zero-order valence-corrected chi connectivity index (χ0v) is 26.0. The van der Waals surface area contributed by atoms with E-state index >= 15 is 0 Å². The van der Waals surface area contributed by atoms with Crippen LogP contribution in [0.4, 0.5) is 0 Å². The molecule has 1 fully saturated rings. The van der Waals surface area contributed by atoms with E-state index in [1.54, 1.807) is 6.07 Å². The highest BCUT2D eigenvalue weighted by atomic mass is 79.9. The lowest BCUT2D eigenvalue weighted by Crippen LogP contribution is -2.42. The first-order valence-electron chi connectivity index (χ1n) is 14.0. The molecule has 2 aromatic heterocycles. The number of carbonyl (C=O) groups excluding carboxylic acids is 1. The van der Waals surface area contributed by atoms with Gasteiger partial charge < -0.3 is 15.2 Å². The van der Waals surface area contributed by atoms with Gasteiger partial charge in [0, 0.05) is 22.4 Å². The van der Waals surface area contributed by atoms with E-state index in [2.05, 4.69) is 54.2 Å². The highest BCUT2D eigenvalue weighted by molar-refractivity contribution is 9.11. The van der Waals surface area contributed by atoms with E-state index in [0.717, 1.165) is 50.1 Å². The van der Waals surface area contributed by atoms with Crippen molar-refractivity contribution >= 4 is 49.9 Å². The molecule has 0 aliphatic heterocycles. The van der Waals surface area contributed by atoms with Gasteiger partial charge in [-0.2, -0.15) is 0 Å². The number of thiophene rings is 1. The summed E-state index contributed by atoms with van der Waals surface area (Å²) in [6.07, 6.45) is 5.69. The summed E-state index contributed by atoms with van der Waals surface area (Å²) in [4.78, 5) is 31.0. The highest BCUT2D eigenvalue weighted by Crippen LogP contribution is 2.33. The van der Waals surface area contributed by atoms with E-state index in [1.165, 1.54) is 29.7 Å². The number of pyridine rings is 1. The van der Waals surface area contributed by atoms with Gasteiger partial charge in [0.2, 0.25) is 0 Å². The van der Waals surface area contributed by atoms with Crippen molar-refractivity contribution in [1.29, 1.82) is 0 Å². The lowest BCUT2D eigenvalue weighted by atomic mass is 9.87. The van der Waals surface area contributed by atoms with Gasteiger partial charge in [-0.3, -0.25) is 4.79 Å². The van der Waals surface area contributed by atoms with Crippen LogP contribution in [0.5, 0.6) is 11.5 Å². The zero-order valence-electron chi connectivity index (χ0n) is 23.6. The topological polar surface area (TPSA) is 88.5 Å². The molecule has 2 heterocycles. The maximum absolute atomic E-state index is 13.3. The first-order chi connectivity index (χ1) is 19.5. The Bertz CT molecular complexity index is 1550. The van der Waals surface area contributed by atoms with E-state index in [-0.39, 0.29) is 17.5 Å². The number of amides is 1. The van der Waals surface area contributed by atoms with Crippen molar-refractivity contribution in [2.75, 3.05) is 0 Å². The average Bonchev–Trinajstić information content (AvgIpc) is 3.59. The van der Waals surface area contributed by atoms with Gasteiger partial charge in [-0.05, 0) is 87.1 Å². The maximum atomic E-state index is 13.3. The van der Waals surface area contributed by atoms with Crippen molar-refractivity contribution in [3.05, 3.63) is 86.3 Å². The Labute approximate surface area is 253 Å². The largest absolute Gasteiger partial charge is 0.480 e. The summed E-state index contributed by atoms with van der Waals surface area (Å²) in [5.74, 6) is 0.424. The number of halogens is 1. The fourth-order valence-corrected chi connectivity index (χ4v) is 6.90. The number of benzene rings is 2. The fraction of sp³-hybridized carbons (Fsp3) is 0.364. The third kappa shape index (κ3) is 7.35. The van der Waals surface area contributed by atoms with Crippen molar-refractivity contribution in [2.45, 2.75) is 70.8 Å². The van der Waals surface area contributed by atoms with Gasteiger partial charge in [-0.1, -0.05) is 64.7 Å². The lowest BCUT2D eigenvalue weighted by molar-refractivity contribution is -0.139. The Morgan fingerprint density at radius 2 is 1.76 bits per heavy atom. The Balaban J connectivity index is 1.42. The number of nitrogens with zero attached hydrogens (tertiary/aromatic N) is 1. The van der Waals surface area contributed by atoms with Crippen LogP contribution in [0.1, 0.15) is 73.1 Å². The summed E-state index contributed by atoms with van der Waals surface area (Å²) in [5.41, 5.74) is 2.39. The Kier molecular flexibility index (Phi) is 8.80. The third-order valence-corrected chi connectivity index (χ3v) is 9.31. The number of carbonyl (C=O) groups is 2. The van der Waals surface area contributed by atoms with E-state index in [1.807, 2.05) is 42.5 Å². The molecule has 0 radical (unpaired) electrons. The van der Waals surface area contributed by atoms with E-state index in [4.69, 9.17) is 9.72 Å². The van der Waals surface area contributed by atoms with Gasteiger partial charge in [0.15, 0.2) is 0 Å². The molecule has 1 aliphatic carbocycles. The van der Waals surface area contributed by atoms with Gasteiger partial charge in [0.25, 0.3) is 5.91 Å². The van der Waals surface area contributed by atoms with E-state index < -0.39 is 17.9 Å². The maximum Gasteiger partial charge on any atom is 0.326 e.